The molecular formula is C20H32N2O3. The third-order valence-electron chi connectivity index (χ3n) is 5.38. The Morgan fingerprint density at radius 3 is 2.76 bits per heavy atom. The fourth-order valence-electron chi connectivity index (χ4n) is 3.82. The van der Waals surface area contributed by atoms with Gasteiger partial charge in [-0.25, -0.2) is 0 Å². The van der Waals surface area contributed by atoms with Gasteiger partial charge in [-0.05, 0) is 25.5 Å². The van der Waals surface area contributed by atoms with Crippen LogP contribution in [0.4, 0.5) is 0 Å². The summed E-state index contributed by atoms with van der Waals surface area (Å²) in [4.78, 5) is 4.84. The summed E-state index contributed by atoms with van der Waals surface area (Å²) in [5.74, 6) is 0.993. The molecule has 0 bridgehead atoms. The number of rotatable bonds is 7. The predicted molar refractivity (Wildman–Crippen MR) is 98.9 cm³/mol. The van der Waals surface area contributed by atoms with Crippen LogP contribution in [0, 0.1) is 5.41 Å². The van der Waals surface area contributed by atoms with E-state index in [2.05, 4.69) is 34.9 Å². The van der Waals surface area contributed by atoms with Crippen LogP contribution in [-0.4, -0.2) is 74.1 Å². The van der Waals surface area contributed by atoms with Gasteiger partial charge in [0.1, 0.15) is 12.4 Å². The lowest BCUT2D eigenvalue weighted by atomic mass is 9.82. The maximum atomic E-state index is 9.66. The summed E-state index contributed by atoms with van der Waals surface area (Å²) in [7, 11) is 0. The Hall–Kier alpha value is -1.14. The number of likely N-dealkylation sites (tertiary alicyclic amines) is 1. The van der Waals surface area contributed by atoms with E-state index < -0.39 is 0 Å². The quantitative estimate of drug-likeness (QED) is 0.816. The lowest BCUT2D eigenvalue weighted by Gasteiger charge is -2.39. The number of piperidine rings is 1. The van der Waals surface area contributed by atoms with E-state index in [0.717, 1.165) is 71.1 Å². The van der Waals surface area contributed by atoms with Crippen LogP contribution in [0.15, 0.2) is 24.3 Å². The topological polar surface area (TPSA) is 45.2 Å². The number of aliphatic hydroxyl groups is 1. The van der Waals surface area contributed by atoms with E-state index in [9.17, 15) is 5.11 Å². The van der Waals surface area contributed by atoms with Gasteiger partial charge in [0.25, 0.3) is 0 Å². The SMILES string of the molecule is CC1(CO)CCCN(Cc2ccccc2OCCN2CCOCC2)C1. The fraction of sp³-hybridized carbons (Fsp3) is 0.700. The molecule has 0 saturated carbocycles. The Balaban J connectivity index is 1.53. The van der Waals surface area contributed by atoms with Gasteiger partial charge in [0.05, 0.1) is 13.2 Å². The molecule has 0 aliphatic carbocycles. The summed E-state index contributed by atoms with van der Waals surface area (Å²) >= 11 is 0. The third kappa shape index (κ3) is 5.42. The Morgan fingerprint density at radius 1 is 1.16 bits per heavy atom. The first kappa shape index (κ1) is 18.6. The maximum Gasteiger partial charge on any atom is 0.123 e. The van der Waals surface area contributed by atoms with Crippen molar-refractivity contribution >= 4 is 0 Å². The monoisotopic (exact) mass is 348 g/mol. The minimum Gasteiger partial charge on any atom is -0.492 e. The van der Waals surface area contributed by atoms with E-state index in [1.807, 2.05) is 6.07 Å². The van der Waals surface area contributed by atoms with Crippen molar-refractivity contribution in [3.05, 3.63) is 29.8 Å². The highest BCUT2D eigenvalue weighted by molar-refractivity contribution is 5.33. The lowest BCUT2D eigenvalue weighted by Crippen LogP contribution is -2.43. The largest absolute Gasteiger partial charge is 0.492 e. The van der Waals surface area contributed by atoms with Gasteiger partial charge >= 0.3 is 0 Å². The average Bonchev–Trinajstić information content (AvgIpc) is 2.64. The number of ether oxygens (including phenoxy) is 2. The van der Waals surface area contributed by atoms with Crippen LogP contribution < -0.4 is 4.74 Å². The minimum atomic E-state index is 0.0321. The van der Waals surface area contributed by atoms with Crippen LogP contribution >= 0.6 is 0 Å². The van der Waals surface area contributed by atoms with E-state index in [4.69, 9.17) is 9.47 Å². The Labute approximate surface area is 151 Å². The first-order valence-electron chi connectivity index (χ1n) is 9.53. The van der Waals surface area contributed by atoms with Crippen LogP contribution in [0.2, 0.25) is 0 Å². The molecule has 25 heavy (non-hydrogen) atoms. The summed E-state index contributed by atoms with van der Waals surface area (Å²) in [6.07, 6.45) is 2.26. The Morgan fingerprint density at radius 2 is 1.96 bits per heavy atom. The van der Waals surface area contributed by atoms with Gasteiger partial charge in [0, 0.05) is 50.3 Å². The lowest BCUT2D eigenvalue weighted by molar-refractivity contribution is 0.0318. The van der Waals surface area contributed by atoms with Gasteiger partial charge in [-0.2, -0.15) is 0 Å². The second-order valence-electron chi connectivity index (χ2n) is 7.69. The molecule has 1 aromatic rings. The molecule has 2 fully saturated rings. The van der Waals surface area contributed by atoms with Crippen molar-refractivity contribution in [3.63, 3.8) is 0 Å². The van der Waals surface area contributed by atoms with Gasteiger partial charge in [0.2, 0.25) is 0 Å². The molecule has 1 aromatic carbocycles. The number of morpholine rings is 1. The summed E-state index contributed by atoms with van der Waals surface area (Å²) < 4.78 is 11.5. The summed E-state index contributed by atoms with van der Waals surface area (Å²) in [5, 5.41) is 9.66. The number of hydrogen-bond donors (Lipinski definition) is 1. The average molecular weight is 348 g/mol. The molecule has 1 unspecified atom stereocenters. The molecule has 3 rings (SSSR count). The second-order valence-corrected chi connectivity index (χ2v) is 7.69. The van der Waals surface area contributed by atoms with Gasteiger partial charge < -0.3 is 14.6 Å². The molecule has 5 nitrogen and oxygen atoms in total. The molecule has 2 saturated heterocycles. The summed E-state index contributed by atoms with van der Waals surface area (Å²) in [5.41, 5.74) is 1.27. The van der Waals surface area contributed by atoms with Crippen molar-refractivity contribution in [2.45, 2.75) is 26.3 Å². The molecule has 140 valence electrons. The normalized spacial score (nSPS) is 25.8. The number of para-hydroxylation sites is 1. The number of nitrogens with zero attached hydrogens (tertiary/aromatic N) is 2. The van der Waals surface area contributed by atoms with Gasteiger partial charge in [0.15, 0.2) is 0 Å². The first-order chi connectivity index (χ1) is 12.2. The van der Waals surface area contributed by atoms with Crippen molar-refractivity contribution in [3.8, 4) is 5.75 Å². The summed E-state index contributed by atoms with van der Waals surface area (Å²) in [6.45, 7) is 10.7. The van der Waals surface area contributed by atoms with Crippen molar-refractivity contribution in [2.24, 2.45) is 5.41 Å². The Kier molecular flexibility index (Phi) is 6.70. The van der Waals surface area contributed by atoms with Crippen LogP contribution in [0.3, 0.4) is 0 Å². The molecule has 0 amide bonds. The highest BCUT2D eigenvalue weighted by Gasteiger charge is 2.30. The zero-order valence-electron chi connectivity index (χ0n) is 15.5. The van der Waals surface area contributed by atoms with Crippen molar-refractivity contribution in [1.29, 1.82) is 0 Å². The van der Waals surface area contributed by atoms with E-state index in [1.165, 1.54) is 5.56 Å². The summed E-state index contributed by atoms with van der Waals surface area (Å²) in [6, 6.07) is 8.36. The number of aliphatic hydroxyl groups excluding tert-OH is 1. The van der Waals surface area contributed by atoms with Gasteiger partial charge in [-0.15, -0.1) is 0 Å². The van der Waals surface area contributed by atoms with E-state index in [0.29, 0.717) is 6.61 Å². The van der Waals surface area contributed by atoms with Gasteiger partial charge in [-0.1, -0.05) is 25.1 Å². The van der Waals surface area contributed by atoms with Crippen LogP contribution in [0.5, 0.6) is 5.75 Å². The van der Waals surface area contributed by atoms with E-state index in [-0.39, 0.29) is 12.0 Å². The highest BCUT2D eigenvalue weighted by Crippen LogP contribution is 2.30. The van der Waals surface area contributed by atoms with E-state index >= 15 is 0 Å². The first-order valence-corrected chi connectivity index (χ1v) is 9.53. The molecular weight excluding hydrogens is 316 g/mol. The molecule has 0 aromatic heterocycles. The molecule has 5 heteroatoms. The smallest absolute Gasteiger partial charge is 0.123 e. The van der Waals surface area contributed by atoms with Crippen LogP contribution in [-0.2, 0) is 11.3 Å². The molecule has 2 heterocycles. The molecule has 0 spiro atoms. The molecule has 2 aliphatic heterocycles. The zero-order chi connectivity index (χ0) is 17.5. The number of hydrogen-bond acceptors (Lipinski definition) is 5. The van der Waals surface area contributed by atoms with Crippen molar-refractivity contribution in [2.75, 3.05) is 59.2 Å². The third-order valence-corrected chi connectivity index (χ3v) is 5.38. The molecule has 2 aliphatic rings. The molecule has 1 N–H and O–H groups in total. The maximum absolute atomic E-state index is 9.66. The highest BCUT2D eigenvalue weighted by atomic mass is 16.5. The number of benzene rings is 1. The standard InChI is InChI=1S/C20H32N2O3/c1-20(17-23)7-4-8-22(16-20)15-18-5-2-3-6-19(18)25-14-11-21-9-12-24-13-10-21/h2-3,5-6,23H,4,7-17H2,1H3. The molecule has 0 radical (unpaired) electrons. The second kappa shape index (κ2) is 8.99. The van der Waals surface area contributed by atoms with Crippen LogP contribution in [0.1, 0.15) is 25.3 Å². The van der Waals surface area contributed by atoms with Crippen molar-refractivity contribution in [1.82, 2.24) is 9.80 Å². The fourth-order valence-corrected chi connectivity index (χ4v) is 3.82. The Bertz CT molecular complexity index is 533. The van der Waals surface area contributed by atoms with Gasteiger partial charge in [-0.3, -0.25) is 9.80 Å². The van der Waals surface area contributed by atoms with Crippen molar-refractivity contribution < 1.29 is 14.6 Å². The predicted octanol–water partition coefficient (Wildman–Crippen LogP) is 1.99. The van der Waals surface area contributed by atoms with E-state index in [1.54, 1.807) is 0 Å². The zero-order valence-corrected chi connectivity index (χ0v) is 15.5. The minimum absolute atomic E-state index is 0.0321. The molecule has 1 atom stereocenters. The van der Waals surface area contributed by atoms with Crippen LogP contribution in [0.25, 0.3) is 0 Å².